The maximum absolute atomic E-state index is 3.70. The fourth-order valence-corrected chi connectivity index (χ4v) is 2.88. The van der Waals surface area contributed by atoms with Gasteiger partial charge in [0.05, 0.1) is 0 Å². The molecule has 0 amide bonds. The van der Waals surface area contributed by atoms with E-state index in [1.54, 1.807) is 0 Å². The Hall–Kier alpha value is -0.540. The van der Waals surface area contributed by atoms with Gasteiger partial charge in [0.1, 0.15) is 0 Å². The number of nitrogens with zero attached hydrogens (tertiary/aromatic N) is 1. The lowest BCUT2D eigenvalue weighted by Crippen LogP contribution is -2.23. The van der Waals surface area contributed by atoms with Gasteiger partial charge in [-0.3, -0.25) is 0 Å². The third-order valence-electron chi connectivity index (χ3n) is 3.76. The second kappa shape index (κ2) is 6.07. The lowest BCUT2D eigenvalue weighted by molar-refractivity contribution is 0.348. The smallest absolute Gasteiger partial charge is 0.0348 e. The van der Waals surface area contributed by atoms with E-state index in [1.807, 2.05) is 0 Å². The third kappa shape index (κ3) is 3.48. The van der Waals surface area contributed by atoms with Crippen LogP contribution in [0.1, 0.15) is 30.4 Å². The van der Waals surface area contributed by atoms with Gasteiger partial charge in [0.15, 0.2) is 0 Å². The van der Waals surface area contributed by atoms with Crippen molar-refractivity contribution in [3.05, 3.63) is 27.7 Å². The van der Waals surface area contributed by atoms with Crippen LogP contribution in [0, 0.1) is 13.8 Å². The van der Waals surface area contributed by atoms with Crippen LogP contribution >= 0.6 is 15.9 Å². The van der Waals surface area contributed by atoms with Gasteiger partial charge in [-0.2, -0.15) is 0 Å². The predicted molar refractivity (Wildman–Crippen MR) is 82.4 cm³/mol. The van der Waals surface area contributed by atoms with Crippen LogP contribution in [0.3, 0.4) is 0 Å². The molecule has 0 radical (unpaired) electrons. The first-order chi connectivity index (χ1) is 8.56. The van der Waals surface area contributed by atoms with Crippen LogP contribution in [0.25, 0.3) is 0 Å². The first-order valence-corrected chi connectivity index (χ1v) is 7.57. The van der Waals surface area contributed by atoms with Gasteiger partial charge in [0.2, 0.25) is 0 Å². The zero-order valence-electron chi connectivity index (χ0n) is 11.6. The van der Waals surface area contributed by atoms with Gasteiger partial charge >= 0.3 is 0 Å². The largest absolute Gasteiger partial charge is 0.382 e. The minimum absolute atomic E-state index is 0.620. The van der Waals surface area contributed by atoms with Crippen LogP contribution in [-0.4, -0.2) is 31.1 Å². The molecular formula is C15H23BrN2. The van der Waals surface area contributed by atoms with Crippen molar-refractivity contribution in [3.8, 4) is 0 Å². The fraction of sp³-hybridized carbons (Fsp3) is 0.600. The van der Waals surface area contributed by atoms with E-state index < -0.39 is 0 Å². The SMILES string of the molecule is Cc1cc(NC2CCCN(C)CC2)cc(C)c1Br. The molecule has 1 heterocycles. The molecule has 2 nitrogen and oxygen atoms in total. The summed E-state index contributed by atoms with van der Waals surface area (Å²) in [4.78, 5) is 2.43. The number of hydrogen-bond acceptors (Lipinski definition) is 2. The van der Waals surface area contributed by atoms with Crippen molar-refractivity contribution in [2.24, 2.45) is 0 Å². The van der Waals surface area contributed by atoms with Gasteiger partial charge in [0, 0.05) is 16.2 Å². The van der Waals surface area contributed by atoms with Gasteiger partial charge in [-0.25, -0.2) is 0 Å². The molecule has 0 saturated carbocycles. The van der Waals surface area contributed by atoms with Gasteiger partial charge in [-0.1, -0.05) is 15.9 Å². The first-order valence-electron chi connectivity index (χ1n) is 6.78. The number of rotatable bonds is 2. The molecule has 100 valence electrons. The molecule has 1 unspecified atom stereocenters. The Morgan fingerprint density at radius 3 is 2.50 bits per heavy atom. The Morgan fingerprint density at radius 1 is 1.17 bits per heavy atom. The quantitative estimate of drug-likeness (QED) is 0.889. The summed E-state index contributed by atoms with van der Waals surface area (Å²) in [5, 5.41) is 3.70. The number of benzene rings is 1. The highest BCUT2D eigenvalue weighted by Crippen LogP contribution is 2.26. The summed E-state index contributed by atoms with van der Waals surface area (Å²) >= 11 is 3.62. The molecule has 1 atom stereocenters. The van der Waals surface area contributed by atoms with E-state index in [9.17, 15) is 0 Å². The van der Waals surface area contributed by atoms with E-state index in [-0.39, 0.29) is 0 Å². The monoisotopic (exact) mass is 310 g/mol. The second-order valence-electron chi connectivity index (χ2n) is 5.50. The summed E-state index contributed by atoms with van der Waals surface area (Å²) in [6.07, 6.45) is 3.81. The molecule has 0 aliphatic carbocycles. The van der Waals surface area contributed by atoms with E-state index in [0.29, 0.717) is 6.04 Å². The number of likely N-dealkylation sites (tertiary alicyclic amines) is 1. The molecule has 1 saturated heterocycles. The number of anilines is 1. The average molecular weight is 311 g/mol. The molecule has 1 aliphatic rings. The van der Waals surface area contributed by atoms with E-state index in [4.69, 9.17) is 0 Å². The minimum atomic E-state index is 0.620. The van der Waals surface area contributed by atoms with Crippen molar-refractivity contribution in [2.45, 2.75) is 39.2 Å². The van der Waals surface area contributed by atoms with Crippen LogP contribution in [0.15, 0.2) is 16.6 Å². The zero-order valence-corrected chi connectivity index (χ0v) is 13.2. The molecule has 3 heteroatoms. The highest BCUT2D eigenvalue weighted by molar-refractivity contribution is 9.10. The first kappa shape index (κ1) is 13.9. The molecule has 2 rings (SSSR count). The molecule has 18 heavy (non-hydrogen) atoms. The van der Waals surface area contributed by atoms with Gasteiger partial charge in [-0.15, -0.1) is 0 Å². The second-order valence-corrected chi connectivity index (χ2v) is 6.29. The summed E-state index contributed by atoms with van der Waals surface area (Å²) < 4.78 is 1.23. The molecule has 1 N–H and O–H groups in total. The highest BCUT2D eigenvalue weighted by Gasteiger charge is 2.15. The van der Waals surface area contributed by atoms with E-state index in [1.165, 1.54) is 53.6 Å². The maximum atomic E-state index is 3.70. The fourth-order valence-electron chi connectivity index (χ4n) is 2.65. The summed E-state index contributed by atoms with van der Waals surface area (Å²) in [5.41, 5.74) is 3.88. The van der Waals surface area contributed by atoms with E-state index in [2.05, 4.69) is 59.2 Å². The van der Waals surface area contributed by atoms with Crippen molar-refractivity contribution in [2.75, 3.05) is 25.5 Å². The Balaban J connectivity index is 2.05. The Morgan fingerprint density at radius 2 is 1.83 bits per heavy atom. The Kier molecular flexibility index (Phi) is 4.68. The summed E-state index contributed by atoms with van der Waals surface area (Å²) in [7, 11) is 2.22. The molecule has 1 aliphatic heterocycles. The number of nitrogens with one attached hydrogen (secondary N) is 1. The van der Waals surface area contributed by atoms with Crippen LogP contribution in [0.4, 0.5) is 5.69 Å². The lowest BCUT2D eigenvalue weighted by atomic mass is 10.1. The standard InChI is InChI=1S/C15H23BrN2/c1-11-9-14(10-12(2)15(11)16)17-13-5-4-7-18(3)8-6-13/h9-10,13,17H,4-8H2,1-3H3. The summed E-state index contributed by atoms with van der Waals surface area (Å²) in [6.45, 7) is 6.75. The van der Waals surface area contributed by atoms with Crippen molar-refractivity contribution >= 4 is 21.6 Å². The van der Waals surface area contributed by atoms with Gasteiger partial charge in [0.25, 0.3) is 0 Å². The van der Waals surface area contributed by atoms with E-state index >= 15 is 0 Å². The lowest BCUT2D eigenvalue weighted by Gasteiger charge is -2.19. The zero-order chi connectivity index (χ0) is 13.1. The molecule has 0 aromatic heterocycles. The maximum Gasteiger partial charge on any atom is 0.0348 e. The van der Waals surface area contributed by atoms with Crippen molar-refractivity contribution in [3.63, 3.8) is 0 Å². The van der Waals surface area contributed by atoms with Crippen LogP contribution in [0.5, 0.6) is 0 Å². The molecule has 1 aromatic carbocycles. The number of halogens is 1. The molecule has 1 aromatic rings. The van der Waals surface area contributed by atoms with E-state index in [0.717, 1.165) is 0 Å². The summed E-state index contributed by atoms with van der Waals surface area (Å²) in [6, 6.07) is 5.10. The summed E-state index contributed by atoms with van der Waals surface area (Å²) in [5.74, 6) is 0. The normalized spacial score (nSPS) is 21.7. The minimum Gasteiger partial charge on any atom is -0.382 e. The van der Waals surface area contributed by atoms with Gasteiger partial charge < -0.3 is 10.2 Å². The molecular weight excluding hydrogens is 288 g/mol. The van der Waals surface area contributed by atoms with Crippen LogP contribution in [-0.2, 0) is 0 Å². The molecule has 0 spiro atoms. The Bertz CT molecular complexity index is 394. The average Bonchev–Trinajstić information content (AvgIpc) is 2.51. The molecule has 1 fully saturated rings. The Labute approximate surface area is 119 Å². The highest BCUT2D eigenvalue weighted by atomic mass is 79.9. The van der Waals surface area contributed by atoms with Crippen molar-refractivity contribution in [1.29, 1.82) is 0 Å². The topological polar surface area (TPSA) is 15.3 Å². The van der Waals surface area contributed by atoms with Crippen LogP contribution in [0.2, 0.25) is 0 Å². The number of hydrogen-bond donors (Lipinski definition) is 1. The van der Waals surface area contributed by atoms with Gasteiger partial charge in [-0.05, 0) is 76.5 Å². The van der Waals surface area contributed by atoms with Crippen molar-refractivity contribution in [1.82, 2.24) is 4.90 Å². The number of aryl methyl sites for hydroxylation is 2. The third-order valence-corrected chi connectivity index (χ3v) is 5.01. The van der Waals surface area contributed by atoms with Crippen LogP contribution < -0.4 is 5.32 Å². The molecule has 0 bridgehead atoms. The van der Waals surface area contributed by atoms with Crippen molar-refractivity contribution < 1.29 is 0 Å². The predicted octanol–water partition coefficient (Wildman–Crippen LogP) is 3.96.